The third kappa shape index (κ3) is 3.02. The summed E-state index contributed by atoms with van der Waals surface area (Å²) in [5.74, 6) is 1.25. The SMILES string of the molecule is c1cncc(CN2CCc3[nH]cnc3[C@@H]2c2cnc(-c3ccco3)nc2)c1. The van der Waals surface area contributed by atoms with Crippen LogP contribution in [0.25, 0.3) is 11.6 Å². The largest absolute Gasteiger partial charge is 0.461 e. The van der Waals surface area contributed by atoms with E-state index in [4.69, 9.17) is 4.42 Å². The van der Waals surface area contributed by atoms with Gasteiger partial charge in [0.1, 0.15) is 0 Å². The minimum Gasteiger partial charge on any atom is -0.461 e. The Morgan fingerprint density at radius 2 is 2.04 bits per heavy atom. The van der Waals surface area contributed by atoms with Crippen molar-refractivity contribution in [2.75, 3.05) is 6.54 Å². The Bertz CT molecular complexity index is 1010. The van der Waals surface area contributed by atoms with E-state index in [1.807, 2.05) is 36.8 Å². The number of furan rings is 1. The average molecular weight is 358 g/mol. The second kappa shape index (κ2) is 6.77. The van der Waals surface area contributed by atoms with Crippen LogP contribution in [0.3, 0.4) is 0 Å². The van der Waals surface area contributed by atoms with Gasteiger partial charge in [0, 0.05) is 55.6 Å². The number of aromatic nitrogens is 5. The number of aromatic amines is 1. The first kappa shape index (κ1) is 15.9. The number of hydrogen-bond acceptors (Lipinski definition) is 6. The normalized spacial score (nSPS) is 17.0. The lowest BCUT2D eigenvalue weighted by Crippen LogP contribution is -2.36. The quantitative estimate of drug-likeness (QED) is 0.604. The first-order chi connectivity index (χ1) is 13.4. The lowest BCUT2D eigenvalue weighted by molar-refractivity contribution is 0.199. The number of rotatable bonds is 4. The van der Waals surface area contributed by atoms with Gasteiger partial charge >= 0.3 is 0 Å². The predicted molar refractivity (Wildman–Crippen MR) is 98.5 cm³/mol. The molecule has 0 amide bonds. The van der Waals surface area contributed by atoms with E-state index >= 15 is 0 Å². The summed E-state index contributed by atoms with van der Waals surface area (Å²) in [6.45, 7) is 1.72. The van der Waals surface area contributed by atoms with Crippen LogP contribution < -0.4 is 0 Å². The Hall–Kier alpha value is -3.32. The molecule has 5 heterocycles. The van der Waals surface area contributed by atoms with Gasteiger partial charge < -0.3 is 9.40 Å². The summed E-state index contributed by atoms with van der Waals surface area (Å²) in [5, 5.41) is 0. The number of nitrogens with one attached hydrogen (secondary N) is 1. The van der Waals surface area contributed by atoms with Crippen molar-refractivity contribution in [3.63, 3.8) is 0 Å². The van der Waals surface area contributed by atoms with E-state index in [9.17, 15) is 0 Å². The highest BCUT2D eigenvalue weighted by molar-refractivity contribution is 5.46. The van der Waals surface area contributed by atoms with Crippen LogP contribution in [-0.2, 0) is 13.0 Å². The van der Waals surface area contributed by atoms with Crippen LogP contribution in [-0.4, -0.2) is 36.4 Å². The summed E-state index contributed by atoms with van der Waals surface area (Å²) in [4.78, 5) is 23.5. The Labute approximate surface area is 156 Å². The van der Waals surface area contributed by atoms with Gasteiger partial charge in [-0.05, 0) is 23.8 Å². The summed E-state index contributed by atoms with van der Waals surface area (Å²) in [6, 6.07) is 7.76. The van der Waals surface area contributed by atoms with Crippen LogP contribution in [0, 0.1) is 0 Å². The molecule has 4 aromatic heterocycles. The first-order valence-corrected chi connectivity index (χ1v) is 8.89. The third-order valence-electron chi connectivity index (χ3n) is 4.86. The molecule has 134 valence electrons. The smallest absolute Gasteiger partial charge is 0.195 e. The molecule has 4 aromatic rings. The van der Waals surface area contributed by atoms with Gasteiger partial charge in [-0.1, -0.05) is 6.07 Å². The van der Waals surface area contributed by atoms with Gasteiger partial charge in [0.15, 0.2) is 11.6 Å². The zero-order chi connectivity index (χ0) is 18.1. The standard InChI is InChI=1S/C20H18N6O/c1-3-14(9-21-6-1)12-26-7-5-16-18(25-13-24-16)19(26)15-10-22-20(23-11-15)17-4-2-8-27-17/h1-4,6,8-11,13,19H,5,7,12H2,(H,24,25)/t19-/m0/s1. The fourth-order valence-electron chi connectivity index (χ4n) is 3.60. The number of hydrogen-bond donors (Lipinski definition) is 1. The van der Waals surface area contributed by atoms with Crippen molar-refractivity contribution in [2.24, 2.45) is 0 Å². The van der Waals surface area contributed by atoms with E-state index in [2.05, 4.69) is 35.9 Å². The molecule has 1 N–H and O–H groups in total. The van der Waals surface area contributed by atoms with E-state index in [-0.39, 0.29) is 6.04 Å². The maximum Gasteiger partial charge on any atom is 0.195 e. The molecule has 1 aliphatic heterocycles. The zero-order valence-electron chi connectivity index (χ0n) is 14.6. The van der Waals surface area contributed by atoms with Gasteiger partial charge in [-0.25, -0.2) is 15.0 Å². The summed E-state index contributed by atoms with van der Waals surface area (Å²) in [6.07, 6.45) is 11.8. The highest BCUT2D eigenvalue weighted by atomic mass is 16.3. The molecule has 27 heavy (non-hydrogen) atoms. The number of nitrogens with zero attached hydrogens (tertiary/aromatic N) is 5. The second-order valence-electron chi connectivity index (χ2n) is 6.57. The van der Waals surface area contributed by atoms with Gasteiger partial charge in [0.2, 0.25) is 0 Å². The Kier molecular flexibility index (Phi) is 3.99. The van der Waals surface area contributed by atoms with Crippen LogP contribution in [0.5, 0.6) is 0 Å². The zero-order valence-corrected chi connectivity index (χ0v) is 14.6. The lowest BCUT2D eigenvalue weighted by Gasteiger charge is -2.34. The molecule has 7 heteroatoms. The highest BCUT2D eigenvalue weighted by Crippen LogP contribution is 2.34. The van der Waals surface area contributed by atoms with Crippen molar-refractivity contribution < 1.29 is 4.42 Å². The molecule has 5 rings (SSSR count). The number of imidazole rings is 1. The van der Waals surface area contributed by atoms with Crippen molar-refractivity contribution in [3.05, 3.63) is 84.2 Å². The van der Waals surface area contributed by atoms with E-state index in [0.717, 1.165) is 30.8 Å². The Morgan fingerprint density at radius 3 is 2.81 bits per heavy atom. The topological polar surface area (TPSA) is 83.7 Å². The highest BCUT2D eigenvalue weighted by Gasteiger charge is 2.31. The van der Waals surface area contributed by atoms with E-state index in [1.165, 1.54) is 11.3 Å². The molecule has 0 bridgehead atoms. The molecule has 1 atom stereocenters. The average Bonchev–Trinajstić information content (AvgIpc) is 3.41. The molecule has 0 unspecified atom stereocenters. The molecule has 1 aliphatic rings. The van der Waals surface area contributed by atoms with Gasteiger partial charge in [0.25, 0.3) is 0 Å². The Balaban J connectivity index is 1.50. The van der Waals surface area contributed by atoms with Crippen molar-refractivity contribution in [3.8, 4) is 11.6 Å². The van der Waals surface area contributed by atoms with Gasteiger partial charge in [-0.15, -0.1) is 0 Å². The molecular formula is C20H18N6O. The minimum absolute atomic E-state index is 0.00542. The summed E-state index contributed by atoms with van der Waals surface area (Å²) < 4.78 is 5.39. The van der Waals surface area contributed by atoms with Crippen molar-refractivity contribution in [2.45, 2.75) is 19.0 Å². The van der Waals surface area contributed by atoms with Crippen molar-refractivity contribution in [1.29, 1.82) is 0 Å². The molecule has 7 nitrogen and oxygen atoms in total. The molecule has 0 fully saturated rings. The molecule has 0 aromatic carbocycles. The molecular weight excluding hydrogens is 340 g/mol. The third-order valence-corrected chi connectivity index (χ3v) is 4.86. The maximum absolute atomic E-state index is 5.39. The molecule has 0 aliphatic carbocycles. The first-order valence-electron chi connectivity index (χ1n) is 8.89. The van der Waals surface area contributed by atoms with Crippen LogP contribution in [0.15, 0.2) is 66.1 Å². The maximum atomic E-state index is 5.39. The predicted octanol–water partition coefficient (Wildman–Crippen LogP) is 3.00. The molecule has 0 saturated heterocycles. The number of fused-ring (bicyclic) bond motifs is 1. The van der Waals surface area contributed by atoms with Gasteiger partial charge in [-0.3, -0.25) is 9.88 Å². The Morgan fingerprint density at radius 1 is 1.11 bits per heavy atom. The van der Waals surface area contributed by atoms with Gasteiger partial charge in [-0.2, -0.15) is 0 Å². The number of H-pyrrole nitrogens is 1. The molecule has 0 spiro atoms. The van der Waals surface area contributed by atoms with E-state index < -0.39 is 0 Å². The minimum atomic E-state index is 0.00542. The summed E-state index contributed by atoms with van der Waals surface area (Å²) in [5.41, 5.74) is 4.41. The van der Waals surface area contributed by atoms with Crippen molar-refractivity contribution in [1.82, 2.24) is 29.8 Å². The second-order valence-corrected chi connectivity index (χ2v) is 6.57. The fraction of sp³-hybridized carbons (Fsp3) is 0.200. The van der Waals surface area contributed by atoms with Crippen LogP contribution >= 0.6 is 0 Å². The molecule has 0 saturated carbocycles. The fourth-order valence-corrected chi connectivity index (χ4v) is 3.60. The van der Waals surface area contributed by atoms with Crippen LogP contribution in [0.4, 0.5) is 0 Å². The lowest BCUT2D eigenvalue weighted by atomic mass is 9.97. The molecule has 0 radical (unpaired) electrons. The summed E-state index contributed by atoms with van der Waals surface area (Å²) in [7, 11) is 0. The van der Waals surface area contributed by atoms with Crippen molar-refractivity contribution >= 4 is 0 Å². The van der Waals surface area contributed by atoms with Crippen LogP contribution in [0.1, 0.15) is 28.6 Å². The van der Waals surface area contributed by atoms with E-state index in [1.54, 1.807) is 18.8 Å². The van der Waals surface area contributed by atoms with Gasteiger partial charge in [0.05, 0.1) is 24.3 Å². The van der Waals surface area contributed by atoms with E-state index in [0.29, 0.717) is 11.6 Å². The number of pyridine rings is 1. The monoisotopic (exact) mass is 358 g/mol. The van der Waals surface area contributed by atoms with Crippen LogP contribution in [0.2, 0.25) is 0 Å². The summed E-state index contributed by atoms with van der Waals surface area (Å²) >= 11 is 0.